The van der Waals surface area contributed by atoms with Gasteiger partial charge >= 0.3 is 0 Å². The fraction of sp³-hybridized carbons (Fsp3) is 0.200. The number of nitrogens with zero attached hydrogens (tertiary/aromatic N) is 2. The molecule has 0 saturated carbocycles. The zero-order chi connectivity index (χ0) is 10.7. The second-order valence-corrected chi connectivity index (χ2v) is 3.26. The lowest BCUT2D eigenvalue weighted by atomic mass is 10.1. The molecule has 0 fully saturated rings. The number of aromatic nitrogens is 2. The number of rotatable bonds is 3. The predicted molar refractivity (Wildman–Crippen MR) is 53.0 cm³/mol. The molecule has 0 amide bonds. The third kappa shape index (κ3) is 2.32. The molecular weight excluding hydrogens is 194 g/mol. The molecular formula is C10H11N3O2. The Bertz CT molecular complexity index is 411. The lowest BCUT2D eigenvalue weighted by Crippen LogP contribution is -2.13. The fourth-order valence-electron chi connectivity index (χ4n) is 1.32. The second-order valence-electron chi connectivity index (χ2n) is 3.26. The van der Waals surface area contributed by atoms with Gasteiger partial charge in [0.15, 0.2) is 6.33 Å². The molecule has 1 aromatic heterocycles. The van der Waals surface area contributed by atoms with Gasteiger partial charge in [0, 0.05) is 0 Å². The quantitative estimate of drug-likeness (QED) is 0.781. The van der Waals surface area contributed by atoms with Gasteiger partial charge in [0.25, 0.3) is 0 Å². The molecule has 0 unspecified atom stereocenters. The predicted octanol–water partition coefficient (Wildman–Crippen LogP) is 1.02. The Balaban J connectivity index is 2.06. The summed E-state index contributed by atoms with van der Waals surface area (Å²) in [6.07, 6.45) is 1.93. The zero-order valence-corrected chi connectivity index (χ0v) is 8.00. The van der Waals surface area contributed by atoms with Crippen molar-refractivity contribution in [3.8, 4) is 5.75 Å². The molecule has 1 aromatic carbocycles. The van der Waals surface area contributed by atoms with E-state index in [-0.39, 0.29) is 11.8 Å². The first-order valence-electron chi connectivity index (χ1n) is 4.56. The van der Waals surface area contributed by atoms with Crippen molar-refractivity contribution in [2.75, 3.05) is 0 Å². The summed E-state index contributed by atoms with van der Waals surface area (Å²) in [5, 5.41) is 12.6. The number of hydrogen-bond acceptors (Lipinski definition) is 5. The van der Waals surface area contributed by atoms with Crippen LogP contribution in [0, 0.1) is 0 Å². The highest BCUT2D eigenvalue weighted by atomic mass is 16.5. The maximum absolute atomic E-state index is 9.10. The number of phenolic OH excluding ortho intramolecular Hbond substituents is 1. The minimum absolute atomic E-state index is 0.241. The van der Waals surface area contributed by atoms with E-state index in [9.17, 15) is 0 Å². The van der Waals surface area contributed by atoms with E-state index in [4.69, 9.17) is 15.4 Å². The highest BCUT2D eigenvalue weighted by molar-refractivity contribution is 5.26. The van der Waals surface area contributed by atoms with Crippen LogP contribution in [0.4, 0.5) is 0 Å². The van der Waals surface area contributed by atoms with Crippen LogP contribution in [-0.4, -0.2) is 15.2 Å². The van der Waals surface area contributed by atoms with Crippen LogP contribution in [-0.2, 0) is 6.42 Å². The van der Waals surface area contributed by atoms with E-state index < -0.39 is 0 Å². The number of nitrogens with two attached hydrogens (primary N) is 1. The van der Waals surface area contributed by atoms with Crippen LogP contribution in [0.1, 0.15) is 17.5 Å². The minimum atomic E-state index is -0.308. The van der Waals surface area contributed by atoms with Crippen molar-refractivity contribution < 1.29 is 9.63 Å². The second kappa shape index (κ2) is 4.10. The molecule has 0 aliphatic carbocycles. The molecule has 0 aliphatic heterocycles. The highest BCUT2D eigenvalue weighted by Gasteiger charge is 2.12. The van der Waals surface area contributed by atoms with Crippen LogP contribution in [0.2, 0.25) is 0 Å². The Morgan fingerprint density at radius 2 is 2.07 bits per heavy atom. The highest BCUT2D eigenvalue weighted by Crippen LogP contribution is 2.16. The van der Waals surface area contributed by atoms with Gasteiger partial charge in [-0.15, -0.1) is 0 Å². The monoisotopic (exact) mass is 205 g/mol. The SMILES string of the molecule is N[C@@H](Cc1ccc(O)cc1)c1ncno1. The van der Waals surface area contributed by atoms with Crippen molar-refractivity contribution in [2.24, 2.45) is 5.73 Å². The molecule has 0 saturated heterocycles. The summed E-state index contributed by atoms with van der Waals surface area (Å²) in [5.74, 6) is 0.660. The van der Waals surface area contributed by atoms with Crippen LogP contribution in [0.25, 0.3) is 0 Å². The van der Waals surface area contributed by atoms with E-state index in [2.05, 4.69) is 10.1 Å². The molecule has 0 radical (unpaired) electrons. The average Bonchev–Trinajstić information content (AvgIpc) is 2.74. The van der Waals surface area contributed by atoms with Gasteiger partial charge < -0.3 is 15.4 Å². The zero-order valence-electron chi connectivity index (χ0n) is 8.00. The Labute approximate surface area is 86.5 Å². The molecule has 1 atom stereocenters. The summed E-state index contributed by atoms with van der Waals surface area (Å²) in [6, 6.07) is 6.56. The van der Waals surface area contributed by atoms with Gasteiger partial charge in [-0.1, -0.05) is 17.3 Å². The molecule has 1 heterocycles. The number of aromatic hydroxyl groups is 1. The molecule has 5 heteroatoms. The van der Waals surface area contributed by atoms with Gasteiger partial charge in [0.1, 0.15) is 5.75 Å². The Morgan fingerprint density at radius 3 is 2.67 bits per heavy atom. The van der Waals surface area contributed by atoms with Crippen LogP contribution in [0.5, 0.6) is 5.75 Å². The van der Waals surface area contributed by atoms with Crippen molar-refractivity contribution >= 4 is 0 Å². The van der Waals surface area contributed by atoms with Crippen LogP contribution in [0.3, 0.4) is 0 Å². The summed E-state index contributed by atoms with van der Waals surface area (Å²) in [4.78, 5) is 3.88. The maximum atomic E-state index is 9.10. The summed E-state index contributed by atoms with van der Waals surface area (Å²) < 4.78 is 4.86. The first kappa shape index (κ1) is 9.67. The average molecular weight is 205 g/mol. The van der Waals surface area contributed by atoms with E-state index in [0.717, 1.165) is 5.56 Å². The molecule has 3 N–H and O–H groups in total. The molecule has 2 rings (SSSR count). The van der Waals surface area contributed by atoms with Gasteiger partial charge in [-0.25, -0.2) is 0 Å². The molecule has 0 spiro atoms. The summed E-state index contributed by atoms with van der Waals surface area (Å²) in [5.41, 5.74) is 6.86. The maximum Gasteiger partial charge on any atom is 0.243 e. The van der Waals surface area contributed by atoms with Crippen molar-refractivity contribution in [1.29, 1.82) is 0 Å². The third-order valence-corrected chi connectivity index (χ3v) is 2.09. The number of benzene rings is 1. The summed E-state index contributed by atoms with van der Waals surface area (Å²) in [6.45, 7) is 0. The largest absolute Gasteiger partial charge is 0.508 e. The molecule has 2 aromatic rings. The smallest absolute Gasteiger partial charge is 0.243 e. The van der Waals surface area contributed by atoms with E-state index in [1.807, 2.05) is 12.1 Å². The Kier molecular flexibility index (Phi) is 2.64. The topological polar surface area (TPSA) is 85.2 Å². The van der Waals surface area contributed by atoms with Crippen molar-refractivity contribution in [3.05, 3.63) is 42.0 Å². The Morgan fingerprint density at radius 1 is 1.33 bits per heavy atom. The standard InChI is InChI=1S/C10H11N3O2/c11-9(10-12-6-13-15-10)5-7-1-3-8(14)4-2-7/h1-4,6,9,14H,5,11H2/t9-/m0/s1. The molecule has 5 nitrogen and oxygen atoms in total. The van der Waals surface area contributed by atoms with E-state index in [0.29, 0.717) is 12.3 Å². The first-order valence-corrected chi connectivity index (χ1v) is 4.56. The molecule has 0 bridgehead atoms. The normalized spacial score (nSPS) is 12.6. The Hall–Kier alpha value is -1.88. The van der Waals surface area contributed by atoms with Crippen molar-refractivity contribution in [2.45, 2.75) is 12.5 Å². The van der Waals surface area contributed by atoms with Gasteiger partial charge in [-0.3, -0.25) is 0 Å². The van der Waals surface area contributed by atoms with Crippen molar-refractivity contribution in [1.82, 2.24) is 10.1 Å². The molecule has 78 valence electrons. The fourth-order valence-corrected chi connectivity index (χ4v) is 1.32. The minimum Gasteiger partial charge on any atom is -0.508 e. The van der Waals surface area contributed by atoms with Gasteiger partial charge in [-0.05, 0) is 24.1 Å². The van der Waals surface area contributed by atoms with Crippen LogP contribution in [0.15, 0.2) is 35.1 Å². The lowest BCUT2D eigenvalue weighted by molar-refractivity contribution is 0.353. The molecule has 0 aliphatic rings. The van der Waals surface area contributed by atoms with E-state index in [1.165, 1.54) is 6.33 Å². The number of phenols is 1. The lowest BCUT2D eigenvalue weighted by Gasteiger charge is -2.06. The van der Waals surface area contributed by atoms with E-state index in [1.54, 1.807) is 12.1 Å². The van der Waals surface area contributed by atoms with Crippen LogP contribution >= 0.6 is 0 Å². The van der Waals surface area contributed by atoms with Crippen molar-refractivity contribution in [3.63, 3.8) is 0 Å². The van der Waals surface area contributed by atoms with Gasteiger partial charge in [0.05, 0.1) is 6.04 Å². The van der Waals surface area contributed by atoms with E-state index >= 15 is 0 Å². The third-order valence-electron chi connectivity index (χ3n) is 2.09. The van der Waals surface area contributed by atoms with Gasteiger partial charge in [0.2, 0.25) is 5.89 Å². The molecule has 15 heavy (non-hydrogen) atoms. The van der Waals surface area contributed by atoms with Gasteiger partial charge in [-0.2, -0.15) is 4.98 Å². The number of hydrogen-bond donors (Lipinski definition) is 2. The first-order chi connectivity index (χ1) is 7.25. The summed E-state index contributed by atoms with van der Waals surface area (Å²) >= 11 is 0. The summed E-state index contributed by atoms with van der Waals surface area (Å²) in [7, 11) is 0. The van der Waals surface area contributed by atoms with Crippen LogP contribution < -0.4 is 5.73 Å².